The van der Waals surface area contributed by atoms with Gasteiger partial charge in [0.15, 0.2) is 0 Å². The van der Waals surface area contributed by atoms with Crippen LogP contribution in [0.5, 0.6) is 0 Å². The number of carbonyl (C=O) groups is 2. The fourth-order valence-corrected chi connectivity index (χ4v) is 2.53. The third kappa shape index (κ3) is 5.37. The highest BCUT2D eigenvalue weighted by Crippen LogP contribution is 2.17. The number of anilines is 2. The van der Waals surface area contributed by atoms with Gasteiger partial charge in [-0.1, -0.05) is 6.07 Å². The summed E-state index contributed by atoms with van der Waals surface area (Å²) in [5.74, 6) is 0.624. The molecular weight excluding hydrogens is 280 g/mol. The Morgan fingerprint density at radius 3 is 2.73 bits per heavy atom. The highest BCUT2D eigenvalue weighted by molar-refractivity contribution is 5.93. The van der Waals surface area contributed by atoms with Crippen molar-refractivity contribution in [1.29, 1.82) is 0 Å². The second-order valence-corrected chi connectivity index (χ2v) is 5.51. The molecule has 6 nitrogen and oxygen atoms in total. The van der Waals surface area contributed by atoms with E-state index < -0.39 is 0 Å². The summed E-state index contributed by atoms with van der Waals surface area (Å²) in [4.78, 5) is 23.5. The number of hydrogen-bond acceptors (Lipinski definition) is 3. The molecule has 4 N–H and O–H groups in total. The number of nitrogens with one attached hydrogen (secondary N) is 4. The molecule has 0 bridgehead atoms. The molecule has 1 saturated heterocycles. The third-order valence-corrected chi connectivity index (χ3v) is 3.68. The zero-order valence-corrected chi connectivity index (χ0v) is 12.9. The molecule has 1 unspecified atom stereocenters. The minimum atomic E-state index is -0.250. The zero-order valence-electron chi connectivity index (χ0n) is 12.9. The van der Waals surface area contributed by atoms with E-state index in [9.17, 15) is 9.59 Å². The van der Waals surface area contributed by atoms with Crippen molar-refractivity contribution in [3.8, 4) is 0 Å². The van der Waals surface area contributed by atoms with Gasteiger partial charge in [-0.2, -0.15) is 0 Å². The molecule has 1 aliphatic heterocycles. The second kappa shape index (κ2) is 8.38. The first-order chi connectivity index (χ1) is 10.7. The van der Waals surface area contributed by atoms with Crippen LogP contribution in [0.25, 0.3) is 0 Å². The van der Waals surface area contributed by atoms with Crippen molar-refractivity contribution < 1.29 is 9.59 Å². The van der Waals surface area contributed by atoms with Crippen LogP contribution in [0.15, 0.2) is 24.3 Å². The van der Waals surface area contributed by atoms with E-state index >= 15 is 0 Å². The summed E-state index contributed by atoms with van der Waals surface area (Å²) in [7, 11) is 0. The minimum absolute atomic E-state index is 0.0158. The van der Waals surface area contributed by atoms with Gasteiger partial charge in [0.25, 0.3) is 0 Å². The molecule has 0 saturated carbocycles. The molecule has 1 aliphatic rings. The summed E-state index contributed by atoms with van der Waals surface area (Å²) in [6.07, 6.45) is 2.59. The van der Waals surface area contributed by atoms with Crippen LogP contribution in [0.3, 0.4) is 0 Å². The highest BCUT2D eigenvalue weighted by Gasteiger charge is 2.15. The smallest absolute Gasteiger partial charge is 0.319 e. The molecule has 120 valence electrons. The SMILES string of the molecule is CCNC(=O)Nc1cccc(NC(=O)CCC2CCNC2)c1. The molecule has 1 aromatic rings. The number of benzene rings is 1. The Labute approximate surface area is 131 Å². The predicted molar refractivity (Wildman–Crippen MR) is 88.0 cm³/mol. The van der Waals surface area contributed by atoms with Gasteiger partial charge in [-0.15, -0.1) is 0 Å². The summed E-state index contributed by atoms with van der Waals surface area (Å²) < 4.78 is 0. The van der Waals surface area contributed by atoms with E-state index in [1.54, 1.807) is 18.2 Å². The quantitative estimate of drug-likeness (QED) is 0.650. The van der Waals surface area contributed by atoms with Crippen LogP contribution in [0.1, 0.15) is 26.2 Å². The van der Waals surface area contributed by atoms with E-state index in [1.165, 1.54) is 0 Å². The topological polar surface area (TPSA) is 82.3 Å². The van der Waals surface area contributed by atoms with Crippen molar-refractivity contribution in [2.75, 3.05) is 30.3 Å². The third-order valence-electron chi connectivity index (χ3n) is 3.68. The lowest BCUT2D eigenvalue weighted by molar-refractivity contribution is -0.116. The Morgan fingerprint density at radius 1 is 1.27 bits per heavy atom. The lowest BCUT2D eigenvalue weighted by Gasteiger charge is -2.10. The summed E-state index contributed by atoms with van der Waals surface area (Å²) in [5.41, 5.74) is 1.35. The average Bonchev–Trinajstić information content (AvgIpc) is 2.99. The number of urea groups is 1. The van der Waals surface area contributed by atoms with Gasteiger partial charge in [0, 0.05) is 24.3 Å². The Bertz CT molecular complexity index is 513. The largest absolute Gasteiger partial charge is 0.338 e. The maximum absolute atomic E-state index is 12.0. The molecule has 1 atom stereocenters. The highest BCUT2D eigenvalue weighted by atomic mass is 16.2. The standard InChI is InChI=1S/C16H24N4O2/c1-2-18-16(22)20-14-5-3-4-13(10-14)19-15(21)7-6-12-8-9-17-11-12/h3-5,10,12,17H,2,6-9,11H2,1H3,(H,19,21)(H2,18,20,22). The monoisotopic (exact) mass is 304 g/mol. The summed E-state index contributed by atoms with van der Waals surface area (Å²) in [5, 5.41) is 11.6. The summed E-state index contributed by atoms with van der Waals surface area (Å²) in [6.45, 7) is 4.49. The van der Waals surface area contributed by atoms with Gasteiger partial charge < -0.3 is 21.3 Å². The van der Waals surface area contributed by atoms with Gasteiger partial charge in [0.2, 0.25) is 5.91 Å². The molecule has 1 fully saturated rings. The zero-order chi connectivity index (χ0) is 15.8. The Balaban J connectivity index is 1.81. The van der Waals surface area contributed by atoms with Crippen molar-refractivity contribution in [3.05, 3.63) is 24.3 Å². The molecule has 0 aliphatic carbocycles. The Kier molecular flexibility index (Phi) is 6.21. The summed E-state index contributed by atoms with van der Waals surface area (Å²) >= 11 is 0. The van der Waals surface area contributed by atoms with Gasteiger partial charge in [-0.05, 0) is 57.0 Å². The maximum atomic E-state index is 12.0. The second-order valence-electron chi connectivity index (χ2n) is 5.51. The van der Waals surface area contributed by atoms with E-state index in [0.29, 0.717) is 30.3 Å². The van der Waals surface area contributed by atoms with Gasteiger partial charge in [0.05, 0.1) is 0 Å². The van der Waals surface area contributed by atoms with Crippen LogP contribution in [0.4, 0.5) is 16.2 Å². The normalized spacial score (nSPS) is 17.0. The average molecular weight is 304 g/mol. The van der Waals surface area contributed by atoms with Gasteiger partial charge in [-0.3, -0.25) is 4.79 Å². The number of hydrogen-bond donors (Lipinski definition) is 4. The minimum Gasteiger partial charge on any atom is -0.338 e. The van der Waals surface area contributed by atoms with Gasteiger partial charge in [0.1, 0.15) is 0 Å². The van der Waals surface area contributed by atoms with Crippen molar-refractivity contribution in [3.63, 3.8) is 0 Å². The van der Waals surface area contributed by atoms with Gasteiger partial charge >= 0.3 is 6.03 Å². The van der Waals surface area contributed by atoms with Crippen LogP contribution < -0.4 is 21.3 Å². The number of amides is 3. The fourth-order valence-electron chi connectivity index (χ4n) is 2.53. The van der Waals surface area contributed by atoms with Crippen molar-refractivity contribution in [1.82, 2.24) is 10.6 Å². The molecule has 0 radical (unpaired) electrons. The molecule has 2 rings (SSSR count). The first-order valence-electron chi connectivity index (χ1n) is 7.83. The van der Waals surface area contributed by atoms with Crippen LogP contribution in [-0.4, -0.2) is 31.6 Å². The van der Waals surface area contributed by atoms with E-state index in [4.69, 9.17) is 0 Å². The van der Waals surface area contributed by atoms with E-state index in [1.807, 2.05) is 13.0 Å². The molecule has 6 heteroatoms. The van der Waals surface area contributed by atoms with Gasteiger partial charge in [-0.25, -0.2) is 4.79 Å². The Morgan fingerprint density at radius 2 is 2.05 bits per heavy atom. The van der Waals surface area contributed by atoms with Crippen molar-refractivity contribution in [2.45, 2.75) is 26.2 Å². The molecule has 0 aromatic heterocycles. The van der Waals surface area contributed by atoms with E-state index in [0.717, 1.165) is 25.9 Å². The van der Waals surface area contributed by atoms with E-state index in [2.05, 4.69) is 21.3 Å². The molecular formula is C16H24N4O2. The lowest BCUT2D eigenvalue weighted by Crippen LogP contribution is -2.28. The van der Waals surface area contributed by atoms with Crippen molar-refractivity contribution >= 4 is 23.3 Å². The maximum Gasteiger partial charge on any atom is 0.319 e. The lowest BCUT2D eigenvalue weighted by atomic mass is 10.0. The van der Waals surface area contributed by atoms with Crippen LogP contribution in [-0.2, 0) is 4.79 Å². The number of carbonyl (C=O) groups excluding carboxylic acids is 2. The molecule has 1 heterocycles. The van der Waals surface area contributed by atoms with Crippen LogP contribution in [0, 0.1) is 5.92 Å². The molecule has 0 spiro atoms. The first kappa shape index (κ1) is 16.3. The molecule has 22 heavy (non-hydrogen) atoms. The number of rotatable bonds is 6. The molecule has 1 aromatic carbocycles. The first-order valence-corrected chi connectivity index (χ1v) is 7.83. The van der Waals surface area contributed by atoms with Crippen LogP contribution in [0.2, 0.25) is 0 Å². The predicted octanol–water partition coefficient (Wildman–Crippen LogP) is 2.16. The molecule has 3 amide bonds. The van der Waals surface area contributed by atoms with Crippen LogP contribution >= 0.6 is 0 Å². The van der Waals surface area contributed by atoms with E-state index in [-0.39, 0.29) is 11.9 Å². The fraction of sp³-hybridized carbons (Fsp3) is 0.500. The Hall–Kier alpha value is -2.08. The summed E-state index contributed by atoms with van der Waals surface area (Å²) in [6, 6.07) is 6.91. The van der Waals surface area contributed by atoms with Crippen molar-refractivity contribution in [2.24, 2.45) is 5.92 Å².